The first-order chi connectivity index (χ1) is 13.7. The molecule has 5 aromatic rings. The van der Waals surface area contributed by atoms with Crippen molar-refractivity contribution in [1.29, 1.82) is 0 Å². The molecule has 0 aliphatic rings. The molecule has 2 nitrogen and oxygen atoms in total. The van der Waals surface area contributed by atoms with Gasteiger partial charge in [0.25, 0.3) is 0 Å². The molecule has 0 unspecified atom stereocenters. The number of rotatable bonds is 2. The fourth-order valence-electron chi connectivity index (χ4n) is 3.84. The second-order valence-electron chi connectivity index (χ2n) is 7.10. The van der Waals surface area contributed by atoms with Crippen LogP contribution in [0.25, 0.3) is 43.9 Å². The Morgan fingerprint density at radius 3 is 2.53 bits per heavy atom. The fourth-order valence-corrected chi connectivity index (χ4v) is 3.84. The third-order valence-corrected chi connectivity index (χ3v) is 5.35. The Balaban J connectivity index is 0.00000128. The predicted octanol–water partition coefficient (Wildman–Crippen LogP) is 5.07. The smallest absolute Gasteiger partial charge is 0.180 e. The fraction of sp³-hybridized carbons (Fsp3) is 0.0769. The van der Waals surface area contributed by atoms with E-state index >= 15 is 0 Å². The van der Waals surface area contributed by atoms with Crippen molar-refractivity contribution in [1.82, 2.24) is 4.98 Å². The molecule has 0 aliphatic carbocycles. The molecule has 0 fully saturated rings. The topological polar surface area (TPSA) is 16.8 Å². The van der Waals surface area contributed by atoms with Crippen LogP contribution < -0.4 is 4.57 Å². The Hall–Kier alpha value is -2.35. The summed E-state index contributed by atoms with van der Waals surface area (Å²) in [5.74, 6) is 0. The van der Waals surface area contributed by atoms with E-state index in [2.05, 4.69) is 83.2 Å². The quantitative estimate of drug-likeness (QED) is 0.156. The van der Waals surface area contributed by atoms with Crippen LogP contribution in [0.2, 0.25) is 0 Å². The molecule has 5 rings (SSSR count). The van der Waals surface area contributed by atoms with Gasteiger partial charge in [0.05, 0.1) is 12.4 Å². The monoisotopic (exact) mass is 459 g/mol. The van der Waals surface area contributed by atoms with E-state index in [0.29, 0.717) is 0 Å². The minimum absolute atomic E-state index is 0. The van der Waals surface area contributed by atoms with E-state index in [1.54, 1.807) is 6.20 Å². The average Bonchev–Trinajstić information content (AvgIpc) is 2.74. The Bertz CT molecular complexity index is 1350. The summed E-state index contributed by atoms with van der Waals surface area (Å²) in [5, 5.41) is 4.96. The Morgan fingerprint density at radius 1 is 0.867 bits per heavy atom. The Labute approximate surface area is 204 Å². The second-order valence-corrected chi connectivity index (χ2v) is 7.10. The number of nitrogens with zero attached hydrogens (tertiary/aromatic N) is 2. The summed E-state index contributed by atoms with van der Waals surface area (Å²) in [6, 6.07) is 28.4. The van der Waals surface area contributed by atoms with E-state index in [9.17, 15) is 0 Å². The van der Waals surface area contributed by atoms with Gasteiger partial charge in [0, 0.05) is 41.1 Å². The molecule has 1 heterocycles. The summed E-state index contributed by atoms with van der Waals surface area (Å²) in [6.07, 6.45) is 5.65. The zero-order valence-corrected chi connectivity index (χ0v) is 19.9. The van der Waals surface area contributed by atoms with E-state index < -0.39 is 0 Å². The molecular formula is C26H19BN2Y-. The predicted molar refractivity (Wildman–Crippen MR) is 119 cm³/mol. The second kappa shape index (κ2) is 9.20. The van der Waals surface area contributed by atoms with E-state index in [1.807, 2.05) is 25.5 Å². The molecule has 1 aromatic heterocycles. The van der Waals surface area contributed by atoms with Gasteiger partial charge in [-0.3, -0.25) is 4.98 Å². The van der Waals surface area contributed by atoms with Crippen molar-refractivity contribution >= 4 is 30.0 Å². The van der Waals surface area contributed by atoms with Gasteiger partial charge in [-0.1, -0.05) is 42.8 Å². The van der Waals surface area contributed by atoms with Crippen LogP contribution in [0.3, 0.4) is 0 Å². The number of fused-ring (bicyclic) bond motifs is 3. The van der Waals surface area contributed by atoms with E-state index in [0.717, 1.165) is 22.4 Å². The molecule has 0 atom stereocenters. The van der Waals surface area contributed by atoms with Crippen molar-refractivity contribution in [2.24, 2.45) is 7.05 Å². The van der Waals surface area contributed by atoms with Crippen molar-refractivity contribution in [3.63, 3.8) is 0 Å². The third-order valence-electron chi connectivity index (χ3n) is 5.35. The summed E-state index contributed by atoms with van der Waals surface area (Å²) in [6.45, 7) is 2.11. The van der Waals surface area contributed by atoms with Crippen LogP contribution in [0.15, 0.2) is 79.3 Å². The van der Waals surface area contributed by atoms with Crippen molar-refractivity contribution in [3.8, 4) is 22.4 Å². The summed E-state index contributed by atoms with van der Waals surface area (Å²) in [7, 11) is 2.03. The molecule has 0 aliphatic heterocycles. The van der Waals surface area contributed by atoms with Gasteiger partial charge < -0.3 is 0 Å². The number of aromatic nitrogens is 2. The molecule has 30 heavy (non-hydrogen) atoms. The molecule has 0 spiro atoms. The summed E-state index contributed by atoms with van der Waals surface area (Å²) < 4.78 is 2.08. The minimum atomic E-state index is 0. The first kappa shape index (κ1) is 22.3. The number of hydrogen-bond donors (Lipinski definition) is 0. The maximum Gasteiger partial charge on any atom is 0.180 e. The first-order valence-corrected chi connectivity index (χ1v) is 9.38. The van der Waals surface area contributed by atoms with Crippen LogP contribution in [0.5, 0.6) is 0 Å². The molecule has 4 heteroatoms. The van der Waals surface area contributed by atoms with Crippen LogP contribution in [0.1, 0.15) is 5.56 Å². The number of aryl methyl sites for hydroxylation is 2. The van der Waals surface area contributed by atoms with Crippen LogP contribution in [-0.2, 0) is 39.8 Å². The summed E-state index contributed by atoms with van der Waals surface area (Å²) in [4.78, 5) is 4.30. The van der Waals surface area contributed by atoms with Gasteiger partial charge in [-0.2, -0.15) is 29.8 Å². The van der Waals surface area contributed by atoms with Gasteiger partial charge in [0.1, 0.15) is 7.05 Å². The molecule has 140 valence electrons. The van der Waals surface area contributed by atoms with E-state index in [4.69, 9.17) is 0 Å². The van der Waals surface area contributed by atoms with E-state index in [-0.39, 0.29) is 41.1 Å². The van der Waals surface area contributed by atoms with Crippen molar-refractivity contribution in [2.45, 2.75) is 6.92 Å². The van der Waals surface area contributed by atoms with Gasteiger partial charge >= 0.3 is 0 Å². The maximum atomic E-state index is 4.30. The molecule has 0 amide bonds. The van der Waals surface area contributed by atoms with Gasteiger partial charge in [-0.05, 0) is 10.8 Å². The van der Waals surface area contributed by atoms with Crippen LogP contribution in [0, 0.1) is 19.1 Å². The van der Waals surface area contributed by atoms with Crippen molar-refractivity contribution in [3.05, 3.63) is 97.0 Å². The average molecular weight is 459 g/mol. The molecular weight excluding hydrogens is 440 g/mol. The largest absolute Gasteiger partial charge is 0.260 e. The third kappa shape index (κ3) is 3.85. The SMILES string of the molecule is Cc1ccc(-c2[c-]ccc3c2ccc2ccccc23)[c-]c1-c1cncc[n+]1C.[B].[Y]. The summed E-state index contributed by atoms with van der Waals surface area (Å²) >= 11 is 0. The van der Waals surface area contributed by atoms with Crippen molar-refractivity contribution in [2.75, 3.05) is 0 Å². The molecule has 4 radical (unpaired) electrons. The summed E-state index contributed by atoms with van der Waals surface area (Å²) in [5.41, 5.74) is 5.42. The Morgan fingerprint density at radius 2 is 1.70 bits per heavy atom. The van der Waals surface area contributed by atoms with Crippen LogP contribution in [-0.4, -0.2) is 13.4 Å². The standard InChI is InChI=1S/C26H19N2.B.Y/c1-18-10-11-20(16-25(18)26-17-27-14-15-28(26)2)22-8-5-9-23-21-7-4-3-6-19(21)12-13-24(22)23;;/h3-7,9-15,17H,1-2H3;;/q-1;;. The van der Waals surface area contributed by atoms with E-state index in [1.165, 1.54) is 27.1 Å². The van der Waals surface area contributed by atoms with Gasteiger partial charge in [-0.15, -0.1) is 34.5 Å². The van der Waals surface area contributed by atoms with Gasteiger partial charge in [-0.25, -0.2) is 10.1 Å². The van der Waals surface area contributed by atoms with Crippen LogP contribution in [0.4, 0.5) is 0 Å². The first-order valence-electron chi connectivity index (χ1n) is 9.38. The normalized spacial score (nSPS) is 10.5. The molecule has 0 bridgehead atoms. The minimum Gasteiger partial charge on any atom is -0.260 e. The van der Waals surface area contributed by atoms with Crippen LogP contribution >= 0.6 is 0 Å². The molecule has 0 N–H and O–H groups in total. The zero-order chi connectivity index (χ0) is 19.1. The number of hydrogen-bond acceptors (Lipinski definition) is 1. The van der Waals surface area contributed by atoms with Crippen molar-refractivity contribution < 1.29 is 37.3 Å². The number of benzene rings is 4. The molecule has 0 saturated carbocycles. The van der Waals surface area contributed by atoms with Gasteiger partial charge in [0.2, 0.25) is 0 Å². The van der Waals surface area contributed by atoms with Gasteiger partial charge in [0.15, 0.2) is 11.9 Å². The Kier molecular flexibility index (Phi) is 6.85. The molecule has 4 aromatic carbocycles. The maximum absolute atomic E-state index is 4.30. The zero-order valence-electron chi connectivity index (χ0n) is 17.1. The molecule has 0 saturated heterocycles.